The maximum Gasteiger partial charge on any atom is 0.261 e. The maximum absolute atomic E-state index is 12.2. The molecule has 5 heteroatoms. The molecule has 1 aromatic carbocycles. The van der Waals surface area contributed by atoms with Crippen molar-refractivity contribution in [3.05, 3.63) is 35.4 Å². The Labute approximate surface area is 143 Å². The average molecular weight is 330 g/mol. The average Bonchev–Trinajstić information content (AvgIpc) is 2.83. The van der Waals surface area contributed by atoms with Gasteiger partial charge in [-0.25, -0.2) is 0 Å². The zero-order valence-electron chi connectivity index (χ0n) is 14.3. The lowest BCUT2D eigenvalue weighted by atomic mass is 10.1. The monoisotopic (exact) mass is 330 g/mol. The van der Waals surface area contributed by atoms with Crippen molar-refractivity contribution in [2.24, 2.45) is 0 Å². The second-order valence-electron chi connectivity index (χ2n) is 6.18. The summed E-state index contributed by atoms with van der Waals surface area (Å²) < 4.78 is 0. The van der Waals surface area contributed by atoms with E-state index in [-0.39, 0.29) is 17.7 Å². The minimum Gasteiger partial charge on any atom is -0.356 e. The largest absolute Gasteiger partial charge is 0.356 e. The third-order valence-electron chi connectivity index (χ3n) is 4.27. The fourth-order valence-electron chi connectivity index (χ4n) is 2.87. The van der Waals surface area contributed by atoms with Crippen LogP contribution in [0, 0.1) is 0 Å². The molecule has 0 aromatic heterocycles. The summed E-state index contributed by atoms with van der Waals surface area (Å²) in [7, 11) is 0. The molecule has 0 unspecified atom stereocenters. The number of amides is 3. The zero-order valence-corrected chi connectivity index (χ0v) is 14.3. The molecule has 1 N–H and O–H groups in total. The highest BCUT2D eigenvalue weighted by Gasteiger charge is 2.34. The van der Waals surface area contributed by atoms with Crippen LogP contribution in [0.3, 0.4) is 0 Å². The van der Waals surface area contributed by atoms with Crippen molar-refractivity contribution in [1.29, 1.82) is 0 Å². The molecule has 130 valence electrons. The van der Waals surface area contributed by atoms with E-state index in [1.54, 1.807) is 24.3 Å². The second kappa shape index (κ2) is 9.21. The number of hydrogen-bond donors (Lipinski definition) is 1. The van der Waals surface area contributed by atoms with Gasteiger partial charge in [0.05, 0.1) is 11.1 Å². The van der Waals surface area contributed by atoms with E-state index in [0.29, 0.717) is 24.1 Å². The van der Waals surface area contributed by atoms with E-state index in [4.69, 9.17) is 0 Å². The minimum atomic E-state index is -0.204. The van der Waals surface area contributed by atoms with Crippen LogP contribution in [0.1, 0.15) is 72.6 Å². The first kappa shape index (κ1) is 18.2. The number of carbonyl (C=O) groups is 3. The van der Waals surface area contributed by atoms with Gasteiger partial charge in [0.15, 0.2) is 0 Å². The molecule has 24 heavy (non-hydrogen) atoms. The van der Waals surface area contributed by atoms with Gasteiger partial charge in [-0.3, -0.25) is 19.3 Å². The molecule has 0 atom stereocenters. The smallest absolute Gasteiger partial charge is 0.261 e. The second-order valence-corrected chi connectivity index (χ2v) is 6.18. The SMILES string of the molecule is CCCCCNC(=O)CCCCCN1C(=O)c2ccccc2C1=O. The summed E-state index contributed by atoms with van der Waals surface area (Å²) in [6.07, 6.45) is 6.16. The van der Waals surface area contributed by atoms with Gasteiger partial charge in [0.1, 0.15) is 0 Å². The van der Waals surface area contributed by atoms with E-state index in [1.165, 1.54) is 4.90 Å². The summed E-state index contributed by atoms with van der Waals surface area (Å²) in [5.41, 5.74) is 0.989. The Morgan fingerprint density at radius 2 is 1.62 bits per heavy atom. The molecule has 3 amide bonds. The van der Waals surface area contributed by atoms with Gasteiger partial charge >= 0.3 is 0 Å². The van der Waals surface area contributed by atoms with Gasteiger partial charge in [-0.1, -0.05) is 38.3 Å². The first-order valence-corrected chi connectivity index (χ1v) is 8.87. The summed E-state index contributed by atoms with van der Waals surface area (Å²) in [6.45, 7) is 3.31. The Morgan fingerprint density at radius 1 is 0.958 bits per heavy atom. The number of nitrogens with zero attached hydrogens (tertiary/aromatic N) is 1. The number of nitrogens with one attached hydrogen (secondary N) is 1. The van der Waals surface area contributed by atoms with Crippen molar-refractivity contribution in [3.8, 4) is 0 Å². The number of fused-ring (bicyclic) bond motifs is 1. The van der Waals surface area contributed by atoms with E-state index in [9.17, 15) is 14.4 Å². The van der Waals surface area contributed by atoms with Crippen LogP contribution in [0.25, 0.3) is 0 Å². The third-order valence-corrected chi connectivity index (χ3v) is 4.27. The summed E-state index contributed by atoms with van der Waals surface area (Å²) in [6, 6.07) is 6.93. The molecule has 1 heterocycles. The predicted octanol–water partition coefficient (Wildman–Crippen LogP) is 3.15. The number of imide groups is 1. The van der Waals surface area contributed by atoms with E-state index in [2.05, 4.69) is 12.2 Å². The lowest BCUT2D eigenvalue weighted by Crippen LogP contribution is -2.30. The van der Waals surface area contributed by atoms with Crippen LogP contribution in [-0.4, -0.2) is 35.7 Å². The van der Waals surface area contributed by atoms with Crippen LogP contribution in [0.5, 0.6) is 0 Å². The lowest BCUT2D eigenvalue weighted by Gasteiger charge is -2.13. The molecule has 0 saturated carbocycles. The van der Waals surface area contributed by atoms with E-state index in [0.717, 1.165) is 45.1 Å². The van der Waals surface area contributed by atoms with Crippen LogP contribution in [0.4, 0.5) is 0 Å². The molecule has 1 aliphatic rings. The van der Waals surface area contributed by atoms with Gasteiger partial charge in [0.25, 0.3) is 11.8 Å². The highest BCUT2D eigenvalue weighted by Crippen LogP contribution is 2.22. The molecule has 0 radical (unpaired) electrons. The standard InChI is InChI=1S/C19H26N2O3/c1-2-3-8-13-20-17(22)12-5-4-9-14-21-18(23)15-10-6-7-11-16(15)19(21)24/h6-7,10-11H,2-5,8-9,12-14H2,1H3,(H,20,22). The van der Waals surface area contributed by atoms with Crippen LogP contribution < -0.4 is 5.32 Å². The van der Waals surface area contributed by atoms with Gasteiger partial charge in [0, 0.05) is 19.5 Å². The van der Waals surface area contributed by atoms with Gasteiger partial charge < -0.3 is 5.32 Å². The number of hydrogen-bond acceptors (Lipinski definition) is 3. The van der Waals surface area contributed by atoms with Crippen molar-refractivity contribution in [2.75, 3.05) is 13.1 Å². The molecule has 5 nitrogen and oxygen atoms in total. The van der Waals surface area contributed by atoms with Gasteiger partial charge in [-0.2, -0.15) is 0 Å². The lowest BCUT2D eigenvalue weighted by molar-refractivity contribution is -0.121. The molecule has 0 saturated heterocycles. The van der Waals surface area contributed by atoms with Crippen molar-refractivity contribution in [3.63, 3.8) is 0 Å². The van der Waals surface area contributed by atoms with Crippen LogP contribution in [-0.2, 0) is 4.79 Å². The van der Waals surface area contributed by atoms with Crippen LogP contribution in [0.15, 0.2) is 24.3 Å². The molecule has 2 rings (SSSR count). The van der Waals surface area contributed by atoms with E-state index in [1.807, 2.05) is 0 Å². The topological polar surface area (TPSA) is 66.5 Å². The summed E-state index contributed by atoms with van der Waals surface area (Å²) >= 11 is 0. The molecule has 0 bridgehead atoms. The Kier molecular flexibility index (Phi) is 6.97. The van der Waals surface area contributed by atoms with Gasteiger partial charge in [0.2, 0.25) is 5.91 Å². The molecule has 1 aromatic rings. The number of unbranched alkanes of at least 4 members (excludes halogenated alkanes) is 4. The van der Waals surface area contributed by atoms with Crippen molar-refractivity contribution >= 4 is 17.7 Å². The summed E-state index contributed by atoms with van der Waals surface area (Å²) in [5.74, 6) is -0.319. The fourth-order valence-corrected chi connectivity index (χ4v) is 2.87. The highest BCUT2D eigenvalue weighted by molar-refractivity contribution is 6.21. The zero-order chi connectivity index (χ0) is 17.4. The molecular weight excluding hydrogens is 304 g/mol. The summed E-state index contributed by atoms with van der Waals surface area (Å²) in [5, 5.41) is 2.92. The van der Waals surface area contributed by atoms with Crippen LogP contribution in [0.2, 0.25) is 0 Å². The molecule has 1 aliphatic heterocycles. The Balaban J connectivity index is 1.63. The Morgan fingerprint density at radius 3 is 2.25 bits per heavy atom. The van der Waals surface area contributed by atoms with Crippen molar-refractivity contribution < 1.29 is 14.4 Å². The van der Waals surface area contributed by atoms with E-state index >= 15 is 0 Å². The molecule has 0 aliphatic carbocycles. The molecule has 0 spiro atoms. The minimum absolute atomic E-state index is 0.0897. The van der Waals surface area contributed by atoms with E-state index < -0.39 is 0 Å². The van der Waals surface area contributed by atoms with Crippen LogP contribution >= 0.6 is 0 Å². The normalized spacial score (nSPS) is 13.3. The number of rotatable bonds is 10. The number of benzene rings is 1. The molecular formula is C19H26N2O3. The molecule has 0 fully saturated rings. The Bertz CT molecular complexity index is 563. The fraction of sp³-hybridized carbons (Fsp3) is 0.526. The first-order chi connectivity index (χ1) is 11.6. The van der Waals surface area contributed by atoms with Crippen molar-refractivity contribution in [1.82, 2.24) is 10.2 Å². The number of carbonyl (C=O) groups excluding carboxylic acids is 3. The summed E-state index contributed by atoms with van der Waals surface area (Å²) in [4.78, 5) is 37.3. The first-order valence-electron chi connectivity index (χ1n) is 8.87. The maximum atomic E-state index is 12.2. The highest BCUT2D eigenvalue weighted by atomic mass is 16.2. The Hall–Kier alpha value is -2.17. The predicted molar refractivity (Wildman–Crippen MR) is 92.8 cm³/mol. The van der Waals surface area contributed by atoms with Gasteiger partial charge in [-0.05, 0) is 31.4 Å². The third kappa shape index (κ3) is 4.66. The van der Waals surface area contributed by atoms with Gasteiger partial charge in [-0.15, -0.1) is 0 Å². The van der Waals surface area contributed by atoms with Crippen molar-refractivity contribution in [2.45, 2.75) is 51.9 Å². The quantitative estimate of drug-likeness (QED) is 0.529.